The first kappa shape index (κ1) is 17.0. The van der Waals surface area contributed by atoms with Crippen molar-refractivity contribution in [1.82, 2.24) is 0 Å². The number of carboxylic acid groups (broad SMARTS) is 1. The molecule has 2 aromatic rings. The molecule has 0 radical (unpaired) electrons. The lowest BCUT2D eigenvalue weighted by Crippen LogP contribution is -2.10. The molecule has 6 nitrogen and oxygen atoms in total. The number of halogens is 1. The molecular formula is C18H14BrNO5. The smallest absolute Gasteiger partial charge is 0.341 e. The third-order valence-corrected chi connectivity index (χ3v) is 4.11. The lowest BCUT2D eigenvalue weighted by atomic mass is 10.0. The van der Waals surface area contributed by atoms with Crippen molar-refractivity contribution in [2.75, 3.05) is 19.0 Å². The second kappa shape index (κ2) is 6.98. The molecule has 1 heterocycles. The summed E-state index contributed by atoms with van der Waals surface area (Å²) in [6, 6.07) is 10.6. The van der Waals surface area contributed by atoms with Crippen molar-refractivity contribution in [2.45, 2.75) is 0 Å². The maximum Gasteiger partial charge on any atom is 0.341 e. The molecule has 1 aliphatic rings. The maximum atomic E-state index is 12.2. The van der Waals surface area contributed by atoms with E-state index < -0.39 is 12.6 Å². The highest BCUT2D eigenvalue weighted by Gasteiger charge is 2.24. The van der Waals surface area contributed by atoms with Gasteiger partial charge in [0.1, 0.15) is 0 Å². The lowest BCUT2D eigenvalue weighted by Gasteiger charge is -2.10. The van der Waals surface area contributed by atoms with E-state index in [4.69, 9.17) is 14.6 Å². The second-order valence-electron chi connectivity index (χ2n) is 5.29. The third kappa shape index (κ3) is 3.66. The number of carbonyl (C=O) groups excluding carboxylic acids is 1. The molecule has 1 aliphatic heterocycles. The van der Waals surface area contributed by atoms with E-state index in [-0.39, 0.29) is 5.91 Å². The zero-order chi connectivity index (χ0) is 18.0. The van der Waals surface area contributed by atoms with Crippen molar-refractivity contribution < 1.29 is 24.2 Å². The first-order chi connectivity index (χ1) is 12.0. The fourth-order valence-electron chi connectivity index (χ4n) is 2.50. The molecule has 2 aromatic carbocycles. The quantitative estimate of drug-likeness (QED) is 0.747. The Balaban J connectivity index is 1.95. The maximum absolute atomic E-state index is 12.2. The summed E-state index contributed by atoms with van der Waals surface area (Å²) in [5.74, 6) is -0.536. The molecule has 0 saturated carbocycles. The predicted octanol–water partition coefficient (Wildman–Crippen LogP) is 3.41. The highest BCUT2D eigenvalue weighted by atomic mass is 79.9. The Kier molecular flexibility index (Phi) is 4.76. The first-order valence-corrected chi connectivity index (χ1v) is 8.13. The van der Waals surface area contributed by atoms with Crippen LogP contribution in [0.15, 0.2) is 40.9 Å². The molecule has 0 bridgehead atoms. The van der Waals surface area contributed by atoms with E-state index in [9.17, 15) is 9.59 Å². The van der Waals surface area contributed by atoms with Gasteiger partial charge < -0.3 is 19.9 Å². The molecule has 3 rings (SSSR count). The molecule has 0 aromatic heterocycles. The predicted molar refractivity (Wildman–Crippen MR) is 96.8 cm³/mol. The standard InChI is InChI=1S/C18H14BrNO5/c1-24-16-7-10(2-5-15(16)25-9-17(21)22)6-13-12-8-11(19)3-4-14(12)20-18(13)23/h2-8H,9H2,1H3,(H,20,23)(H,21,22)/b13-6-. The number of methoxy groups -OCH3 is 1. The first-order valence-electron chi connectivity index (χ1n) is 7.33. The van der Waals surface area contributed by atoms with Crippen LogP contribution in [0.1, 0.15) is 11.1 Å². The Morgan fingerprint density at radius 3 is 2.76 bits per heavy atom. The number of amides is 1. The highest BCUT2D eigenvalue weighted by Crippen LogP contribution is 2.36. The largest absolute Gasteiger partial charge is 0.493 e. The minimum absolute atomic E-state index is 0.182. The normalized spacial score (nSPS) is 14.2. The Morgan fingerprint density at radius 1 is 1.24 bits per heavy atom. The monoisotopic (exact) mass is 403 g/mol. The van der Waals surface area contributed by atoms with E-state index in [0.717, 1.165) is 21.3 Å². The summed E-state index contributed by atoms with van der Waals surface area (Å²) in [5.41, 5.74) is 2.84. The number of hydrogen-bond acceptors (Lipinski definition) is 4. The van der Waals surface area contributed by atoms with E-state index >= 15 is 0 Å². The van der Waals surface area contributed by atoms with Gasteiger partial charge in [-0.05, 0) is 42.0 Å². The van der Waals surface area contributed by atoms with Gasteiger partial charge in [-0.1, -0.05) is 22.0 Å². The SMILES string of the molecule is COc1cc(/C=C2\C(=O)Nc3ccc(Br)cc32)ccc1OCC(=O)O. The Hall–Kier alpha value is -2.80. The van der Waals surface area contributed by atoms with Gasteiger partial charge in [-0.25, -0.2) is 4.79 Å². The van der Waals surface area contributed by atoms with Crippen LogP contribution in [0, 0.1) is 0 Å². The van der Waals surface area contributed by atoms with Crippen LogP contribution in [0.4, 0.5) is 5.69 Å². The van der Waals surface area contributed by atoms with Crippen LogP contribution in [-0.2, 0) is 9.59 Å². The van der Waals surface area contributed by atoms with E-state index in [1.54, 1.807) is 24.3 Å². The number of benzene rings is 2. The molecule has 128 valence electrons. The van der Waals surface area contributed by atoms with E-state index in [1.165, 1.54) is 7.11 Å². The molecule has 25 heavy (non-hydrogen) atoms. The number of hydrogen-bond donors (Lipinski definition) is 2. The molecule has 0 spiro atoms. The van der Waals surface area contributed by atoms with Gasteiger partial charge in [0.15, 0.2) is 18.1 Å². The summed E-state index contributed by atoms with van der Waals surface area (Å²) >= 11 is 3.41. The fourth-order valence-corrected chi connectivity index (χ4v) is 2.86. The number of aliphatic carboxylic acids is 1. The van der Waals surface area contributed by atoms with Crippen molar-refractivity contribution >= 4 is 45.1 Å². The van der Waals surface area contributed by atoms with Gasteiger partial charge in [-0.15, -0.1) is 0 Å². The van der Waals surface area contributed by atoms with Crippen molar-refractivity contribution in [3.05, 3.63) is 52.0 Å². The Bertz CT molecular complexity index is 891. The number of carboxylic acids is 1. The number of rotatable bonds is 5. The molecular weight excluding hydrogens is 390 g/mol. The van der Waals surface area contributed by atoms with E-state index in [1.807, 2.05) is 18.2 Å². The average molecular weight is 404 g/mol. The lowest BCUT2D eigenvalue weighted by molar-refractivity contribution is -0.139. The summed E-state index contributed by atoms with van der Waals surface area (Å²) in [6.45, 7) is -0.458. The van der Waals surface area contributed by atoms with Crippen molar-refractivity contribution in [3.8, 4) is 11.5 Å². The Labute approximate surface area is 152 Å². The van der Waals surface area contributed by atoms with Crippen LogP contribution in [-0.4, -0.2) is 30.7 Å². The number of nitrogens with one attached hydrogen (secondary N) is 1. The number of anilines is 1. The number of fused-ring (bicyclic) bond motifs is 1. The second-order valence-corrected chi connectivity index (χ2v) is 6.21. The Morgan fingerprint density at radius 2 is 2.04 bits per heavy atom. The summed E-state index contributed by atoms with van der Waals surface area (Å²) in [7, 11) is 1.47. The van der Waals surface area contributed by atoms with Gasteiger partial charge in [0.05, 0.1) is 7.11 Å². The molecule has 7 heteroatoms. The molecule has 0 saturated heterocycles. The van der Waals surface area contributed by atoms with Crippen molar-refractivity contribution in [3.63, 3.8) is 0 Å². The van der Waals surface area contributed by atoms with Gasteiger partial charge in [0, 0.05) is 21.3 Å². The van der Waals surface area contributed by atoms with Crippen molar-refractivity contribution in [2.24, 2.45) is 0 Å². The molecule has 0 fully saturated rings. The topological polar surface area (TPSA) is 84.9 Å². The third-order valence-electron chi connectivity index (χ3n) is 3.61. The van der Waals surface area contributed by atoms with Crippen LogP contribution < -0.4 is 14.8 Å². The highest BCUT2D eigenvalue weighted by molar-refractivity contribution is 9.10. The van der Waals surface area contributed by atoms with Gasteiger partial charge >= 0.3 is 5.97 Å². The van der Waals surface area contributed by atoms with Crippen LogP contribution >= 0.6 is 15.9 Å². The number of ether oxygens (including phenoxy) is 2. The number of carbonyl (C=O) groups is 2. The van der Waals surface area contributed by atoms with E-state index in [2.05, 4.69) is 21.2 Å². The van der Waals surface area contributed by atoms with Gasteiger partial charge in [-0.2, -0.15) is 0 Å². The van der Waals surface area contributed by atoms with Gasteiger partial charge in [0.25, 0.3) is 5.91 Å². The molecule has 0 atom stereocenters. The summed E-state index contributed by atoms with van der Waals surface area (Å²) in [6.07, 6.45) is 1.75. The fraction of sp³-hybridized carbons (Fsp3) is 0.111. The summed E-state index contributed by atoms with van der Waals surface area (Å²) < 4.78 is 11.3. The molecule has 2 N–H and O–H groups in total. The van der Waals surface area contributed by atoms with Crippen molar-refractivity contribution in [1.29, 1.82) is 0 Å². The van der Waals surface area contributed by atoms with Crippen LogP contribution in [0.2, 0.25) is 0 Å². The van der Waals surface area contributed by atoms with Gasteiger partial charge in [-0.3, -0.25) is 4.79 Å². The van der Waals surface area contributed by atoms with E-state index in [0.29, 0.717) is 17.1 Å². The zero-order valence-corrected chi connectivity index (χ0v) is 14.8. The molecule has 1 amide bonds. The summed E-state index contributed by atoms with van der Waals surface area (Å²) in [4.78, 5) is 22.9. The molecule has 0 aliphatic carbocycles. The zero-order valence-electron chi connectivity index (χ0n) is 13.2. The minimum Gasteiger partial charge on any atom is -0.493 e. The van der Waals surface area contributed by atoms with Crippen LogP contribution in [0.5, 0.6) is 11.5 Å². The van der Waals surface area contributed by atoms with Gasteiger partial charge in [0.2, 0.25) is 0 Å². The van der Waals surface area contributed by atoms with Crippen LogP contribution in [0.3, 0.4) is 0 Å². The average Bonchev–Trinajstić information content (AvgIpc) is 2.88. The minimum atomic E-state index is -1.07. The van der Waals surface area contributed by atoms with Crippen LogP contribution in [0.25, 0.3) is 11.6 Å². The summed E-state index contributed by atoms with van der Waals surface area (Å²) in [5, 5.41) is 11.5. The molecule has 0 unspecified atom stereocenters.